The number of rotatable bonds is 8. The summed E-state index contributed by atoms with van der Waals surface area (Å²) in [6, 6.07) is 17.0. The minimum atomic E-state index is 0.832. The summed E-state index contributed by atoms with van der Waals surface area (Å²) in [6.45, 7) is 3.96. The van der Waals surface area contributed by atoms with E-state index >= 15 is 0 Å². The molecule has 0 amide bonds. The Hall–Kier alpha value is -2.82. The average molecular weight is 374 g/mol. The lowest BCUT2D eigenvalue weighted by Gasteiger charge is -2.06. The standard InChI is InChI=1S/C24H27N3O/c1-17-21(22-4-2-3-5-24(22)26-17)14-15-25-16-19-8-6-18(7-9-19)10-13-23(27-28)20-11-12-20/h2-10,13,25-28H,11-12,14-16H2,1H3/b13-10+. The van der Waals surface area contributed by atoms with Gasteiger partial charge in [-0.2, -0.15) is 0 Å². The molecule has 2 aromatic carbocycles. The van der Waals surface area contributed by atoms with E-state index in [4.69, 9.17) is 5.21 Å². The van der Waals surface area contributed by atoms with Crippen LogP contribution in [0.25, 0.3) is 17.0 Å². The van der Waals surface area contributed by atoms with Gasteiger partial charge in [-0.3, -0.25) is 10.7 Å². The number of benzene rings is 2. The maximum absolute atomic E-state index is 9.15. The molecule has 1 saturated carbocycles. The zero-order valence-corrected chi connectivity index (χ0v) is 16.3. The van der Waals surface area contributed by atoms with E-state index in [0.29, 0.717) is 0 Å². The molecule has 28 heavy (non-hydrogen) atoms. The lowest BCUT2D eigenvalue weighted by Crippen LogP contribution is -2.16. The molecule has 0 aliphatic heterocycles. The molecule has 0 saturated heterocycles. The molecule has 1 heterocycles. The van der Waals surface area contributed by atoms with Gasteiger partial charge in [-0.1, -0.05) is 48.5 Å². The predicted octanol–water partition coefficient (Wildman–Crippen LogP) is 4.85. The van der Waals surface area contributed by atoms with Gasteiger partial charge in [0.25, 0.3) is 0 Å². The van der Waals surface area contributed by atoms with Crippen LogP contribution in [0.15, 0.2) is 65.9 Å². The lowest BCUT2D eigenvalue weighted by molar-refractivity contribution is 0.204. The second-order valence-electron chi connectivity index (χ2n) is 7.40. The van der Waals surface area contributed by atoms with E-state index in [1.807, 2.05) is 12.2 Å². The number of nitrogens with one attached hydrogen (secondary N) is 3. The Bertz CT molecular complexity index is 1010. The van der Waals surface area contributed by atoms with Gasteiger partial charge in [0.2, 0.25) is 0 Å². The maximum Gasteiger partial charge on any atom is 0.0594 e. The zero-order chi connectivity index (χ0) is 19.3. The molecular formula is C24H27N3O. The molecule has 4 heteroatoms. The van der Waals surface area contributed by atoms with E-state index < -0.39 is 0 Å². The summed E-state index contributed by atoms with van der Waals surface area (Å²) in [5.41, 5.74) is 10.7. The van der Waals surface area contributed by atoms with Crippen LogP contribution >= 0.6 is 0 Å². The van der Waals surface area contributed by atoms with Crippen molar-refractivity contribution in [2.75, 3.05) is 6.54 Å². The van der Waals surface area contributed by atoms with E-state index in [9.17, 15) is 0 Å². The quantitative estimate of drug-likeness (QED) is 0.337. The Kier molecular flexibility index (Phi) is 5.60. The van der Waals surface area contributed by atoms with E-state index in [1.165, 1.54) is 33.3 Å². The largest absolute Gasteiger partial charge is 0.358 e. The fourth-order valence-corrected chi connectivity index (χ4v) is 3.60. The summed E-state index contributed by atoms with van der Waals surface area (Å²) in [5.74, 6) is 0. The second-order valence-corrected chi connectivity index (χ2v) is 7.40. The highest BCUT2D eigenvalue weighted by atomic mass is 16.5. The Labute approximate surface area is 165 Å². The normalized spacial score (nSPS) is 13.4. The molecular weight excluding hydrogens is 346 g/mol. The SMILES string of the molecule is Cc1[nH]c2ccccc2c1CCNCc1ccc(/C=C/C(NO)=C2CC2)cc1. The van der Waals surface area contributed by atoms with E-state index in [2.05, 4.69) is 71.2 Å². The number of hydrogen-bond acceptors (Lipinski definition) is 3. The van der Waals surface area contributed by atoms with Gasteiger partial charge in [0.1, 0.15) is 0 Å². The van der Waals surface area contributed by atoms with E-state index in [1.54, 1.807) is 0 Å². The number of hydrogen-bond donors (Lipinski definition) is 4. The molecule has 4 rings (SSSR count). The molecule has 1 aliphatic rings. The summed E-state index contributed by atoms with van der Waals surface area (Å²) in [7, 11) is 0. The fraction of sp³-hybridized carbons (Fsp3) is 0.250. The molecule has 4 N–H and O–H groups in total. The van der Waals surface area contributed by atoms with Crippen LogP contribution in [0.4, 0.5) is 0 Å². The highest BCUT2D eigenvalue weighted by Gasteiger charge is 2.15. The van der Waals surface area contributed by atoms with Crippen LogP contribution in [0.1, 0.15) is 35.2 Å². The second kappa shape index (κ2) is 8.46. The Morgan fingerprint density at radius 1 is 1.11 bits per heavy atom. The summed E-state index contributed by atoms with van der Waals surface area (Å²) in [4.78, 5) is 3.47. The Morgan fingerprint density at radius 2 is 1.89 bits per heavy atom. The Balaban J connectivity index is 1.29. The summed E-state index contributed by atoms with van der Waals surface area (Å²) < 4.78 is 0. The molecule has 4 nitrogen and oxygen atoms in total. The van der Waals surface area contributed by atoms with Crippen molar-refractivity contribution in [3.63, 3.8) is 0 Å². The molecule has 0 atom stereocenters. The van der Waals surface area contributed by atoms with Gasteiger partial charge >= 0.3 is 0 Å². The maximum atomic E-state index is 9.15. The molecule has 0 bridgehead atoms. The first kappa shape index (κ1) is 18.5. The third-order valence-electron chi connectivity index (χ3n) is 5.33. The van der Waals surface area contributed by atoms with Crippen LogP contribution in [-0.2, 0) is 13.0 Å². The van der Waals surface area contributed by atoms with Crippen LogP contribution in [0.3, 0.4) is 0 Å². The topological polar surface area (TPSA) is 60.1 Å². The van der Waals surface area contributed by atoms with Crippen LogP contribution in [-0.4, -0.2) is 16.7 Å². The predicted molar refractivity (Wildman–Crippen MR) is 115 cm³/mol. The number of para-hydroxylation sites is 1. The minimum absolute atomic E-state index is 0.832. The first-order chi connectivity index (χ1) is 13.7. The highest BCUT2D eigenvalue weighted by molar-refractivity contribution is 5.84. The van der Waals surface area contributed by atoms with Crippen molar-refractivity contribution >= 4 is 17.0 Å². The van der Waals surface area contributed by atoms with Gasteiger partial charge in [-0.25, -0.2) is 0 Å². The van der Waals surface area contributed by atoms with Gasteiger partial charge in [-0.05, 0) is 67.1 Å². The van der Waals surface area contributed by atoms with Crippen molar-refractivity contribution in [2.24, 2.45) is 0 Å². The monoisotopic (exact) mass is 373 g/mol. The number of allylic oxidation sites excluding steroid dienone is 2. The van der Waals surface area contributed by atoms with Gasteiger partial charge in [0, 0.05) is 23.1 Å². The molecule has 0 unspecified atom stereocenters. The van der Waals surface area contributed by atoms with Crippen LogP contribution < -0.4 is 10.8 Å². The lowest BCUT2D eigenvalue weighted by atomic mass is 10.1. The van der Waals surface area contributed by atoms with Gasteiger partial charge < -0.3 is 10.3 Å². The van der Waals surface area contributed by atoms with Crippen LogP contribution in [0.5, 0.6) is 0 Å². The number of aryl methyl sites for hydroxylation is 1. The summed E-state index contributed by atoms with van der Waals surface area (Å²) in [6.07, 6.45) is 7.15. The number of H-pyrrole nitrogens is 1. The average Bonchev–Trinajstić information content (AvgIpc) is 3.50. The molecule has 1 fully saturated rings. The third kappa shape index (κ3) is 4.35. The molecule has 0 radical (unpaired) electrons. The first-order valence-corrected chi connectivity index (χ1v) is 9.90. The molecule has 0 spiro atoms. The molecule has 1 aliphatic carbocycles. The van der Waals surface area contributed by atoms with Crippen LogP contribution in [0, 0.1) is 6.92 Å². The highest BCUT2D eigenvalue weighted by Crippen LogP contribution is 2.31. The molecule has 144 valence electrons. The van der Waals surface area contributed by atoms with Gasteiger partial charge in [0.15, 0.2) is 0 Å². The third-order valence-corrected chi connectivity index (χ3v) is 5.33. The van der Waals surface area contributed by atoms with Crippen molar-refractivity contribution in [1.29, 1.82) is 0 Å². The van der Waals surface area contributed by atoms with Crippen molar-refractivity contribution < 1.29 is 5.21 Å². The number of fused-ring (bicyclic) bond motifs is 1. The Morgan fingerprint density at radius 3 is 2.64 bits per heavy atom. The number of aromatic amines is 1. The number of aromatic nitrogens is 1. The summed E-state index contributed by atoms with van der Waals surface area (Å²) >= 11 is 0. The smallest absolute Gasteiger partial charge is 0.0594 e. The molecule has 1 aromatic heterocycles. The van der Waals surface area contributed by atoms with Gasteiger partial charge in [0.05, 0.1) is 5.70 Å². The van der Waals surface area contributed by atoms with E-state index in [0.717, 1.165) is 43.6 Å². The van der Waals surface area contributed by atoms with Crippen LogP contribution in [0.2, 0.25) is 0 Å². The zero-order valence-electron chi connectivity index (χ0n) is 16.3. The van der Waals surface area contributed by atoms with Crippen molar-refractivity contribution in [3.05, 3.63) is 88.3 Å². The molecule has 3 aromatic rings. The van der Waals surface area contributed by atoms with E-state index in [-0.39, 0.29) is 0 Å². The first-order valence-electron chi connectivity index (χ1n) is 9.90. The van der Waals surface area contributed by atoms with Gasteiger partial charge in [-0.15, -0.1) is 0 Å². The summed E-state index contributed by atoms with van der Waals surface area (Å²) in [5, 5.41) is 14.0. The van der Waals surface area contributed by atoms with Crippen molar-refractivity contribution in [2.45, 2.75) is 32.7 Å². The van der Waals surface area contributed by atoms with Crippen molar-refractivity contribution in [3.8, 4) is 0 Å². The minimum Gasteiger partial charge on any atom is -0.358 e. The van der Waals surface area contributed by atoms with Crippen molar-refractivity contribution in [1.82, 2.24) is 15.8 Å². The fourth-order valence-electron chi connectivity index (χ4n) is 3.60. The number of hydroxylamine groups is 1.